The maximum atomic E-state index is 6.15. The van der Waals surface area contributed by atoms with Crippen LogP contribution in [0.2, 0.25) is 5.15 Å². The number of rotatable bonds is 6. The number of hydrogen-bond acceptors (Lipinski definition) is 5. The molecule has 6 nitrogen and oxygen atoms in total. The summed E-state index contributed by atoms with van der Waals surface area (Å²) in [5.41, 5.74) is 0. The first-order valence-electron chi connectivity index (χ1n) is 7.95. The first-order chi connectivity index (χ1) is 11.1. The molecule has 1 saturated heterocycles. The Hall–Kier alpha value is -1.18. The van der Waals surface area contributed by atoms with Crippen molar-refractivity contribution in [1.29, 1.82) is 0 Å². The second kappa shape index (κ2) is 9.20. The average Bonchev–Trinajstić information content (AvgIpc) is 2.51. The Bertz CT molecular complexity index is 531. The van der Waals surface area contributed by atoms with Gasteiger partial charge in [0, 0.05) is 38.9 Å². The normalized spacial score (nSPS) is 17.9. The van der Waals surface area contributed by atoms with Crippen LogP contribution in [0.5, 0.6) is 0 Å². The van der Waals surface area contributed by atoms with E-state index in [1.807, 2.05) is 6.07 Å². The summed E-state index contributed by atoms with van der Waals surface area (Å²) in [6, 6.07) is 2.27. The topological polar surface area (TPSA) is 62.3 Å². The van der Waals surface area contributed by atoms with Crippen LogP contribution in [0.4, 0.5) is 11.8 Å². The van der Waals surface area contributed by atoms with Crippen molar-refractivity contribution in [2.45, 2.75) is 38.6 Å². The van der Waals surface area contributed by atoms with Crippen molar-refractivity contribution in [1.82, 2.24) is 15.3 Å². The van der Waals surface area contributed by atoms with Gasteiger partial charge in [0.25, 0.3) is 0 Å². The van der Waals surface area contributed by atoms with Crippen LogP contribution in [-0.4, -0.2) is 47.9 Å². The minimum Gasteiger partial charge on any atom is -0.385 e. The third kappa shape index (κ3) is 5.75. The molecule has 2 rings (SSSR count). The molecule has 1 aliphatic rings. The number of piperidine rings is 1. The number of aromatic nitrogens is 2. The monoisotopic (exact) mass is 357 g/mol. The van der Waals surface area contributed by atoms with Gasteiger partial charge in [-0.15, -0.1) is 0 Å². The minimum absolute atomic E-state index is 0.414. The SMILES string of the molecule is COCCCNC(=S)Nc1nc(Cl)cc(N2CCCCC2C)n1. The molecule has 2 heterocycles. The summed E-state index contributed by atoms with van der Waals surface area (Å²) in [7, 11) is 1.68. The van der Waals surface area contributed by atoms with Crippen molar-refractivity contribution in [2.75, 3.05) is 37.0 Å². The molecule has 2 N–H and O–H groups in total. The predicted octanol–water partition coefficient (Wildman–Crippen LogP) is 2.83. The molecule has 8 heteroatoms. The number of anilines is 2. The van der Waals surface area contributed by atoms with Gasteiger partial charge >= 0.3 is 0 Å². The van der Waals surface area contributed by atoms with Crippen LogP contribution in [0.3, 0.4) is 0 Å². The number of thiocarbonyl (C=S) groups is 1. The van der Waals surface area contributed by atoms with E-state index >= 15 is 0 Å². The summed E-state index contributed by atoms with van der Waals surface area (Å²) in [6.45, 7) is 4.63. The van der Waals surface area contributed by atoms with Crippen LogP contribution in [0, 0.1) is 0 Å². The number of methoxy groups -OCH3 is 1. The summed E-state index contributed by atoms with van der Waals surface area (Å²) in [5, 5.41) is 7.00. The van der Waals surface area contributed by atoms with Crippen molar-refractivity contribution in [2.24, 2.45) is 0 Å². The largest absolute Gasteiger partial charge is 0.385 e. The van der Waals surface area contributed by atoms with Crippen LogP contribution >= 0.6 is 23.8 Å². The molecule has 0 bridgehead atoms. The van der Waals surface area contributed by atoms with Crippen LogP contribution in [0.25, 0.3) is 0 Å². The van der Waals surface area contributed by atoms with E-state index in [1.165, 1.54) is 19.3 Å². The zero-order chi connectivity index (χ0) is 16.7. The summed E-state index contributed by atoms with van der Waals surface area (Å²) in [5.74, 6) is 1.27. The second-order valence-corrected chi connectivity index (χ2v) is 6.43. The van der Waals surface area contributed by atoms with E-state index in [4.69, 9.17) is 28.6 Å². The molecule has 0 spiro atoms. The Morgan fingerprint density at radius 3 is 3.04 bits per heavy atom. The lowest BCUT2D eigenvalue weighted by Gasteiger charge is -2.34. The van der Waals surface area contributed by atoms with Crippen LogP contribution in [0.1, 0.15) is 32.6 Å². The van der Waals surface area contributed by atoms with E-state index in [0.29, 0.717) is 28.9 Å². The summed E-state index contributed by atoms with van der Waals surface area (Å²) >= 11 is 11.4. The molecule has 1 fully saturated rings. The molecule has 1 unspecified atom stereocenters. The maximum absolute atomic E-state index is 6.15. The van der Waals surface area contributed by atoms with Gasteiger partial charge in [-0.05, 0) is 44.8 Å². The Labute approximate surface area is 148 Å². The van der Waals surface area contributed by atoms with Gasteiger partial charge in [0.2, 0.25) is 5.95 Å². The van der Waals surface area contributed by atoms with Crippen LogP contribution in [-0.2, 0) is 4.74 Å². The van der Waals surface area contributed by atoms with Gasteiger partial charge in [-0.3, -0.25) is 0 Å². The molecule has 1 aromatic rings. The average molecular weight is 358 g/mol. The molecular weight excluding hydrogens is 334 g/mol. The summed E-state index contributed by atoms with van der Waals surface area (Å²) in [4.78, 5) is 11.0. The highest BCUT2D eigenvalue weighted by Gasteiger charge is 2.20. The highest BCUT2D eigenvalue weighted by Crippen LogP contribution is 2.25. The first kappa shape index (κ1) is 18.2. The third-order valence-electron chi connectivity index (χ3n) is 3.81. The van der Waals surface area contributed by atoms with Crippen LogP contribution < -0.4 is 15.5 Å². The standard InChI is InChI=1S/C15H24ClN5OS/c1-11-6-3-4-8-21(11)13-10-12(16)18-14(19-13)20-15(23)17-7-5-9-22-2/h10-11H,3-9H2,1-2H3,(H2,17,18,19,20,23). The highest BCUT2D eigenvalue weighted by molar-refractivity contribution is 7.80. The van der Waals surface area contributed by atoms with E-state index in [-0.39, 0.29) is 0 Å². The van der Waals surface area contributed by atoms with Crippen molar-refractivity contribution in [3.05, 3.63) is 11.2 Å². The maximum Gasteiger partial charge on any atom is 0.232 e. The number of nitrogens with zero attached hydrogens (tertiary/aromatic N) is 3. The van der Waals surface area contributed by atoms with Gasteiger partial charge < -0.3 is 20.3 Å². The molecule has 0 aromatic carbocycles. The summed E-state index contributed by atoms with van der Waals surface area (Å²) < 4.78 is 5.00. The molecule has 0 amide bonds. The fourth-order valence-corrected chi connectivity index (χ4v) is 2.98. The number of ether oxygens (including phenoxy) is 1. The van der Waals surface area contributed by atoms with Crippen LogP contribution in [0.15, 0.2) is 6.07 Å². The van der Waals surface area contributed by atoms with Crippen molar-refractivity contribution < 1.29 is 4.74 Å². The van der Waals surface area contributed by atoms with Gasteiger partial charge in [0.1, 0.15) is 11.0 Å². The lowest BCUT2D eigenvalue weighted by molar-refractivity contribution is 0.196. The number of nitrogens with one attached hydrogen (secondary N) is 2. The van der Waals surface area contributed by atoms with Gasteiger partial charge in [-0.25, -0.2) is 4.98 Å². The van der Waals surface area contributed by atoms with E-state index in [1.54, 1.807) is 7.11 Å². The molecular formula is C15H24ClN5OS. The second-order valence-electron chi connectivity index (χ2n) is 5.64. The lowest BCUT2D eigenvalue weighted by Crippen LogP contribution is -2.38. The van der Waals surface area contributed by atoms with Crippen molar-refractivity contribution in [3.63, 3.8) is 0 Å². The number of halogens is 1. The zero-order valence-electron chi connectivity index (χ0n) is 13.6. The van der Waals surface area contributed by atoms with E-state index in [2.05, 4.69) is 32.4 Å². The van der Waals surface area contributed by atoms with Crippen molar-refractivity contribution >= 4 is 40.7 Å². The quantitative estimate of drug-likeness (QED) is 0.461. The summed E-state index contributed by atoms with van der Waals surface area (Å²) in [6.07, 6.45) is 4.49. The smallest absolute Gasteiger partial charge is 0.232 e. The Morgan fingerprint density at radius 2 is 2.30 bits per heavy atom. The highest BCUT2D eigenvalue weighted by atomic mass is 35.5. The van der Waals surface area contributed by atoms with Gasteiger partial charge in [0.05, 0.1) is 0 Å². The Balaban J connectivity index is 1.98. The molecule has 23 heavy (non-hydrogen) atoms. The van der Waals surface area contributed by atoms with E-state index < -0.39 is 0 Å². The number of hydrogen-bond donors (Lipinski definition) is 2. The Morgan fingerprint density at radius 1 is 1.48 bits per heavy atom. The van der Waals surface area contributed by atoms with Gasteiger partial charge in [-0.1, -0.05) is 11.6 Å². The zero-order valence-corrected chi connectivity index (χ0v) is 15.2. The van der Waals surface area contributed by atoms with Gasteiger partial charge in [-0.2, -0.15) is 4.98 Å². The molecule has 1 aliphatic heterocycles. The molecule has 128 valence electrons. The Kier molecular flexibility index (Phi) is 7.26. The fraction of sp³-hybridized carbons (Fsp3) is 0.667. The molecule has 0 saturated carbocycles. The predicted molar refractivity (Wildman–Crippen MR) is 98.4 cm³/mol. The van der Waals surface area contributed by atoms with E-state index in [0.717, 1.165) is 25.3 Å². The molecule has 1 atom stereocenters. The fourth-order valence-electron chi connectivity index (χ4n) is 2.61. The minimum atomic E-state index is 0.414. The van der Waals surface area contributed by atoms with E-state index in [9.17, 15) is 0 Å². The third-order valence-corrected chi connectivity index (χ3v) is 4.25. The van der Waals surface area contributed by atoms with Gasteiger partial charge in [0.15, 0.2) is 5.11 Å². The first-order valence-corrected chi connectivity index (χ1v) is 8.74. The lowest BCUT2D eigenvalue weighted by atomic mass is 10.0. The molecule has 0 aliphatic carbocycles. The molecule has 1 aromatic heterocycles. The molecule has 0 radical (unpaired) electrons. The van der Waals surface area contributed by atoms with Crippen molar-refractivity contribution in [3.8, 4) is 0 Å².